The first-order chi connectivity index (χ1) is 8.58. The molecule has 2 atom stereocenters. The number of rotatable bonds is 0. The molecule has 1 saturated carbocycles. The zero-order valence-electron chi connectivity index (χ0n) is 11.1. The van der Waals surface area contributed by atoms with Gasteiger partial charge in [0.2, 0.25) is 0 Å². The molecule has 2 aliphatic rings. The molecule has 0 saturated heterocycles. The number of ether oxygens (including phenoxy) is 1. The van der Waals surface area contributed by atoms with Crippen LogP contribution in [0.2, 0.25) is 0 Å². The Kier molecular flexibility index (Phi) is 2.69. The van der Waals surface area contributed by atoms with Crippen LogP contribution in [0.5, 0.6) is 5.75 Å². The van der Waals surface area contributed by atoms with Crippen LogP contribution in [0.3, 0.4) is 0 Å². The average Bonchev–Trinajstić information content (AvgIpc) is 2.26. The SMILES string of the molecule is CC1CC(C)CC2(CC(=O)c3ccccc3O2)C1. The van der Waals surface area contributed by atoms with Gasteiger partial charge in [0.15, 0.2) is 5.78 Å². The second-order valence-corrected chi connectivity index (χ2v) is 6.24. The lowest BCUT2D eigenvalue weighted by atomic mass is 9.70. The molecule has 0 radical (unpaired) electrons. The Morgan fingerprint density at radius 1 is 1.17 bits per heavy atom. The van der Waals surface area contributed by atoms with Crippen molar-refractivity contribution in [2.45, 2.75) is 45.1 Å². The molecular weight excluding hydrogens is 224 g/mol. The maximum absolute atomic E-state index is 12.3. The van der Waals surface area contributed by atoms with Crippen LogP contribution in [-0.2, 0) is 0 Å². The van der Waals surface area contributed by atoms with Crippen LogP contribution in [0.25, 0.3) is 0 Å². The van der Waals surface area contributed by atoms with E-state index < -0.39 is 0 Å². The molecular formula is C16H20O2. The molecule has 0 bridgehead atoms. The lowest BCUT2D eigenvalue weighted by Gasteiger charge is -2.45. The van der Waals surface area contributed by atoms with E-state index in [0.717, 1.165) is 24.2 Å². The fraction of sp³-hybridized carbons (Fsp3) is 0.562. The van der Waals surface area contributed by atoms with Crippen molar-refractivity contribution in [1.29, 1.82) is 0 Å². The Bertz CT molecular complexity index is 468. The van der Waals surface area contributed by atoms with Gasteiger partial charge in [0, 0.05) is 0 Å². The smallest absolute Gasteiger partial charge is 0.170 e. The average molecular weight is 244 g/mol. The summed E-state index contributed by atoms with van der Waals surface area (Å²) < 4.78 is 6.25. The van der Waals surface area contributed by atoms with E-state index in [-0.39, 0.29) is 11.4 Å². The topological polar surface area (TPSA) is 26.3 Å². The monoisotopic (exact) mass is 244 g/mol. The molecule has 1 aromatic rings. The molecule has 0 N–H and O–H groups in total. The number of carbonyl (C=O) groups is 1. The summed E-state index contributed by atoms with van der Waals surface area (Å²) in [7, 11) is 0. The fourth-order valence-corrected chi connectivity index (χ4v) is 3.88. The molecule has 1 spiro atoms. The molecule has 1 aromatic carbocycles. The first kappa shape index (κ1) is 11.8. The van der Waals surface area contributed by atoms with Gasteiger partial charge >= 0.3 is 0 Å². The Morgan fingerprint density at radius 3 is 2.56 bits per heavy atom. The zero-order valence-corrected chi connectivity index (χ0v) is 11.1. The van der Waals surface area contributed by atoms with Crippen LogP contribution in [0.15, 0.2) is 24.3 Å². The van der Waals surface area contributed by atoms with Crippen LogP contribution in [0, 0.1) is 11.8 Å². The molecule has 2 nitrogen and oxygen atoms in total. The lowest BCUT2D eigenvalue weighted by Crippen LogP contribution is -2.47. The molecule has 0 aromatic heterocycles. The maximum Gasteiger partial charge on any atom is 0.170 e. The van der Waals surface area contributed by atoms with Crippen LogP contribution < -0.4 is 4.74 Å². The van der Waals surface area contributed by atoms with Crippen LogP contribution in [0.4, 0.5) is 0 Å². The molecule has 1 fully saturated rings. The molecule has 96 valence electrons. The van der Waals surface area contributed by atoms with E-state index in [1.807, 2.05) is 24.3 Å². The summed E-state index contributed by atoms with van der Waals surface area (Å²) >= 11 is 0. The number of carbonyl (C=O) groups excluding carboxylic acids is 1. The van der Waals surface area contributed by atoms with Crippen molar-refractivity contribution in [1.82, 2.24) is 0 Å². The normalized spacial score (nSPS) is 35.1. The number of Topliss-reactive ketones (excluding diaryl/α,β-unsaturated/α-hetero) is 1. The van der Waals surface area contributed by atoms with E-state index in [4.69, 9.17) is 4.74 Å². The fourth-order valence-electron chi connectivity index (χ4n) is 3.88. The van der Waals surface area contributed by atoms with E-state index in [2.05, 4.69) is 13.8 Å². The maximum atomic E-state index is 12.3. The van der Waals surface area contributed by atoms with Crippen molar-refractivity contribution >= 4 is 5.78 Å². The van der Waals surface area contributed by atoms with E-state index in [1.54, 1.807) is 0 Å². The third-order valence-corrected chi connectivity index (χ3v) is 4.24. The van der Waals surface area contributed by atoms with E-state index in [1.165, 1.54) is 6.42 Å². The van der Waals surface area contributed by atoms with Gasteiger partial charge in [0.05, 0.1) is 12.0 Å². The van der Waals surface area contributed by atoms with Crippen molar-refractivity contribution in [3.63, 3.8) is 0 Å². The van der Waals surface area contributed by atoms with Crippen LogP contribution in [0.1, 0.15) is 49.9 Å². The molecule has 2 heteroatoms. The Labute approximate surface area is 108 Å². The van der Waals surface area contributed by atoms with Crippen molar-refractivity contribution < 1.29 is 9.53 Å². The van der Waals surface area contributed by atoms with Crippen molar-refractivity contribution in [3.05, 3.63) is 29.8 Å². The van der Waals surface area contributed by atoms with Crippen LogP contribution >= 0.6 is 0 Å². The molecule has 1 aliphatic carbocycles. The highest BCUT2D eigenvalue weighted by Gasteiger charge is 2.44. The Balaban J connectivity index is 1.95. The number of ketones is 1. The second-order valence-electron chi connectivity index (χ2n) is 6.24. The van der Waals surface area contributed by atoms with E-state index >= 15 is 0 Å². The first-order valence-electron chi connectivity index (χ1n) is 6.89. The third kappa shape index (κ3) is 1.94. The van der Waals surface area contributed by atoms with Gasteiger partial charge in [0.1, 0.15) is 11.4 Å². The lowest BCUT2D eigenvalue weighted by molar-refractivity contribution is -0.0173. The summed E-state index contributed by atoms with van der Waals surface area (Å²) in [5.41, 5.74) is 0.525. The highest BCUT2D eigenvalue weighted by atomic mass is 16.5. The quantitative estimate of drug-likeness (QED) is 0.693. The standard InChI is InChI=1S/C16H20O2/c1-11-7-12(2)9-16(8-11)10-14(17)13-5-3-4-6-15(13)18-16/h3-6,11-12H,7-10H2,1-2H3. The summed E-state index contributed by atoms with van der Waals surface area (Å²) in [6.45, 7) is 4.54. The minimum atomic E-state index is -0.234. The van der Waals surface area contributed by atoms with Crippen molar-refractivity contribution in [3.8, 4) is 5.75 Å². The first-order valence-corrected chi connectivity index (χ1v) is 6.89. The van der Waals surface area contributed by atoms with Crippen molar-refractivity contribution in [2.75, 3.05) is 0 Å². The predicted molar refractivity (Wildman–Crippen MR) is 70.9 cm³/mol. The molecule has 2 unspecified atom stereocenters. The number of para-hydroxylation sites is 1. The highest BCUT2D eigenvalue weighted by molar-refractivity contribution is 6.00. The summed E-state index contributed by atoms with van der Waals surface area (Å²) in [5, 5.41) is 0. The van der Waals surface area contributed by atoms with Crippen molar-refractivity contribution in [2.24, 2.45) is 11.8 Å². The third-order valence-electron chi connectivity index (χ3n) is 4.24. The zero-order chi connectivity index (χ0) is 12.8. The number of fused-ring (bicyclic) bond motifs is 1. The second kappa shape index (κ2) is 4.11. The minimum absolute atomic E-state index is 0.234. The van der Waals surface area contributed by atoms with Gasteiger partial charge in [-0.05, 0) is 43.2 Å². The van der Waals surface area contributed by atoms with Gasteiger partial charge in [-0.3, -0.25) is 4.79 Å². The largest absolute Gasteiger partial charge is 0.486 e. The predicted octanol–water partition coefficient (Wildman–Crippen LogP) is 3.85. The summed E-state index contributed by atoms with van der Waals surface area (Å²) in [5.74, 6) is 2.33. The van der Waals surface area contributed by atoms with Gasteiger partial charge in [-0.1, -0.05) is 26.0 Å². The van der Waals surface area contributed by atoms with Gasteiger partial charge < -0.3 is 4.74 Å². The van der Waals surface area contributed by atoms with Gasteiger partial charge in [-0.15, -0.1) is 0 Å². The number of hydrogen-bond donors (Lipinski definition) is 0. The van der Waals surface area contributed by atoms with Gasteiger partial charge in [-0.2, -0.15) is 0 Å². The van der Waals surface area contributed by atoms with E-state index in [9.17, 15) is 4.79 Å². The number of benzene rings is 1. The molecule has 0 amide bonds. The molecule has 1 aliphatic heterocycles. The minimum Gasteiger partial charge on any atom is -0.486 e. The summed E-state index contributed by atoms with van der Waals surface area (Å²) in [4.78, 5) is 12.3. The highest BCUT2D eigenvalue weighted by Crippen LogP contribution is 2.45. The molecule has 1 heterocycles. The van der Waals surface area contributed by atoms with E-state index in [0.29, 0.717) is 18.3 Å². The Morgan fingerprint density at radius 2 is 1.83 bits per heavy atom. The molecule has 3 rings (SSSR count). The molecule has 18 heavy (non-hydrogen) atoms. The van der Waals surface area contributed by atoms with Gasteiger partial charge in [0.25, 0.3) is 0 Å². The summed E-state index contributed by atoms with van der Waals surface area (Å²) in [6, 6.07) is 7.66. The van der Waals surface area contributed by atoms with Gasteiger partial charge in [-0.25, -0.2) is 0 Å². The Hall–Kier alpha value is -1.31. The number of hydrogen-bond acceptors (Lipinski definition) is 2. The summed E-state index contributed by atoms with van der Waals surface area (Å²) in [6.07, 6.45) is 3.83. The van der Waals surface area contributed by atoms with Crippen LogP contribution in [-0.4, -0.2) is 11.4 Å².